The Kier molecular flexibility index (Phi) is 11.1. The fraction of sp³-hybridized carbons (Fsp3) is 0.562. The maximum absolute atomic E-state index is 6.47. The van der Waals surface area contributed by atoms with Crippen molar-refractivity contribution in [3.63, 3.8) is 0 Å². The van der Waals surface area contributed by atoms with Crippen molar-refractivity contribution in [1.82, 2.24) is 44.9 Å². The van der Waals surface area contributed by atoms with E-state index in [2.05, 4.69) is 46.6 Å². The summed E-state index contributed by atoms with van der Waals surface area (Å²) < 4.78 is 27.3. The van der Waals surface area contributed by atoms with Crippen molar-refractivity contribution >= 4 is 23.2 Å². The van der Waals surface area contributed by atoms with Crippen LogP contribution in [0, 0.1) is 0 Å². The molecule has 14 nitrogen and oxygen atoms in total. The van der Waals surface area contributed by atoms with Crippen molar-refractivity contribution in [2.45, 2.75) is 70.7 Å². The normalized spacial score (nSPS) is 17.3. The van der Waals surface area contributed by atoms with Gasteiger partial charge in [-0.15, -0.1) is 10.2 Å². The van der Waals surface area contributed by atoms with Crippen LogP contribution in [0.5, 0.6) is 11.6 Å². The van der Waals surface area contributed by atoms with Gasteiger partial charge in [-0.05, 0) is 67.7 Å². The number of morpholine rings is 1. The van der Waals surface area contributed by atoms with Gasteiger partial charge in [0, 0.05) is 50.7 Å². The quantitative estimate of drug-likeness (QED) is 0.172. The smallest absolute Gasteiger partial charge is 0.257 e. The number of rotatable bonds is 15. The van der Waals surface area contributed by atoms with Gasteiger partial charge in [0.1, 0.15) is 29.5 Å². The molecule has 3 aromatic heterocycles. The van der Waals surface area contributed by atoms with Crippen LogP contribution in [0.25, 0.3) is 11.1 Å². The van der Waals surface area contributed by atoms with E-state index in [9.17, 15) is 0 Å². The number of nitrogens with one attached hydrogen (secondary N) is 1. The fourth-order valence-corrected chi connectivity index (χ4v) is 6.40. The number of benzene rings is 1. The molecule has 1 unspecified atom stereocenters. The van der Waals surface area contributed by atoms with Gasteiger partial charge in [0.2, 0.25) is 5.95 Å². The highest BCUT2D eigenvalue weighted by Gasteiger charge is 2.42. The average Bonchev–Trinajstić information content (AvgIpc) is 3.77. The van der Waals surface area contributed by atoms with Gasteiger partial charge < -0.3 is 24.3 Å². The summed E-state index contributed by atoms with van der Waals surface area (Å²) in [5, 5.41) is 20.2. The first-order valence-electron chi connectivity index (χ1n) is 16.4. The maximum Gasteiger partial charge on any atom is 0.257 e. The Labute approximate surface area is 279 Å². The third-order valence-electron chi connectivity index (χ3n) is 8.56. The second-order valence-electron chi connectivity index (χ2n) is 11.9. The monoisotopic (exact) mass is 666 g/mol. The Morgan fingerprint density at radius 1 is 1.06 bits per heavy atom. The highest BCUT2D eigenvalue weighted by atomic mass is 35.5. The van der Waals surface area contributed by atoms with Crippen molar-refractivity contribution in [1.29, 1.82) is 0 Å². The molecule has 1 aliphatic carbocycles. The number of tetrazole rings is 1. The number of nitrogens with zero attached hydrogens (tertiary/aromatic N) is 9. The predicted molar refractivity (Wildman–Crippen MR) is 176 cm³/mol. The van der Waals surface area contributed by atoms with Gasteiger partial charge in [0.15, 0.2) is 0 Å². The second kappa shape index (κ2) is 15.8. The van der Waals surface area contributed by atoms with Crippen molar-refractivity contribution in [3.05, 3.63) is 48.1 Å². The molecule has 4 heterocycles. The standard InChI is InChI=1S/C32H43ClN10O4/c1-3-44-14-7-15-46-30-28(22-43(38-30)32(10-5-4-6-11-32)41-12-16-45-17-13-41)37-31-34-19-26(20-35-31)25-8-9-27(33)29(18-25)47-24(2)21-42-23-36-39-40-42/h8-9,18-20,22-24H,3-7,10-17,21H2,1-2H3,(H,34,35,37). The van der Waals surface area contributed by atoms with Crippen LogP contribution in [0.1, 0.15) is 52.4 Å². The van der Waals surface area contributed by atoms with Crippen LogP contribution in [0.15, 0.2) is 43.1 Å². The highest BCUT2D eigenvalue weighted by Crippen LogP contribution is 2.41. The molecule has 1 aromatic carbocycles. The lowest BCUT2D eigenvalue weighted by Crippen LogP contribution is -2.56. The van der Waals surface area contributed by atoms with Crippen LogP contribution in [-0.4, -0.2) is 97.1 Å². The molecular formula is C32H43ClN10O4. The molecular weight excluding hydrogens is 624 g/mol. The summed E-state index contributed by atoms with van der Waals surface area (Å²) in [6.07, 6.45) is 13.3. The van der Waals surface area contributed by atoms with Gasteiger partial charge in [-0.3, -0.25) is 4.90 Å². The molecule has 0 spiro atoms. The van der Waals surface area contributed by atoms with Crippen LogP contribution in [0.3, 0.4) is 0 Å². The summed E-state index contributed by atoms with van der Waals surface area (Å²) in [5.74, 6) is 1.53. The predicted octanol–water partition coefficient (Wildman–Crippen LogP) is 4.95. The number of anilines is 2. The zero-order chi connectivity index (χ0) is 32.5. The molecule has 47 heavy (non-hydrogen) atoms. The van der Waals surface area contributed by atoms with Crippen LogP contribution in [0.4, 0.5) is 11.6 Å². The van der Waals surface area contributed by atoms with E-state index in [0.717, 1.165) is 75.2 Å². The Morgan fingerprint density at radius 2 is 1.87 bits per heavy atom. The van der Waals surface area contributed by atoms with E-state index < -0.39 is 0 Å². The molecule has 1 saturated heterocycles. The molecule has 1 N–H and O–H groups in total. The van der Waals surface area contributed by atoms with Gasteiger partial charge in [-0.2, -0.15) is 0 Å². The Morgan fingerprint density at radius 3 is 2.62 bits per heavy atom. The van der Waals surface area contributed by atoms with E-state index in [1.165, 1.54) is 6.42 Å². The number of ether oxygens (including phenoxy) is 4. The fourth-order valence-electron chi connectivity index (χ4n) is 6.24. The lowest BCUT2D eigenvalue weighted by atomic mass is 9.87. The first-order valence-corrected chi connectivity index (χ1v) is 16.8. The lowest BCUT2D eigenvalue weighted by Gasteiger charge is -2.47. The third kappa shape index (κ3) is 8.18. The van der Waals surface area contributed by atoms with Crippen molar-refractivity contribution in [2.75, 3.05) is 51.4 Å². The third-order valence-corrected chi connectivity index (χ3v) is 8.88. The molecule has 252 valence electrons. The Bertz CT molecular complexity index is 1540. The van der Waals surface area contributed by atoms with Crippen molar-refractivity contribution in [2.24, 2.45) is 0 Å². The molecule has 1 saturated carbocycles. The number of aromatic nitrogens is 8. The van der Waals surface area contributed by atoms with Gasteiger partial charge in [-0.25, -0.2) is 19.3 Å². The Balaban J connectivity index is 1.20. The largest absolute Gasteiger partial charge is 0.487 e. The topological polar surface area (TPSA) is 139 Å². The molecule has 6 rings (SSSR count). The average molecular weight is 667 g/mol. The van der Waals surface area contributed by atoms with E-state index in [0.29, 0.717) is 49.0 Å². The molecule has 0 bridgehead atoms. The van der Waals surface area contributed by atoms with Crippen molar-refractivity contribution in [3.8, 4) is 22.8 Å². The van der Waals surface area contributed by atoms with E-state index in [4.69, 9.17) is 35.6 Å². The first-order chi connectivity index (χ1) is 23.0. The summed E-state index contributed by atoms with van der Waals surface area (Å²) in [6.45, 7) is 9.45. The van der Waals surface area contributed by atoms with Crippen LogP contribution < -0.4 is 14.8 Å². The molecule has 1 atom stereocenters. The number of halogens is 1. The summed E-state index contributed by atoms with van der Waals surface area (Å²) in [4.78, 5) is 11.8. The minimum Gasteiger partial charge on any atom is -0.487 e. The SMILES string of the molecule is CCOCCCOc1nn(C2(N3CCOCC3)CCCCC2)cc1Nc1ncc(-c2ccc(Cl)c(OC(C)Cn3cnnn3)c2)cn1. The zero-order valence-electron chi connectivity index (χ0n) is 27.1. The minimum absolute atomic E-state index is 0.207. The number of hydrogen-bond donors (Lipinski definition) is 1. The first kappa shape index (κ1) is 33.1. The molecule has 1 aliphatic heterocycles. The Hall–Kier alpha value is -3.85. The molecule has 15 heteroatoms. The molecule has 2 fully saturated rings. The van der Waals surface area contributed by atoms with Gasteiger partial charge in [0.25, 0.3) is 5.88 Å². The van der Waals surface area contributed by atoms with E-state index in [-0.39, 0.29) is 11.8 Å². The van der Waals surface area contributed by atoms with E-state index >= 15 is 0 Å². The van der Waals surface area contributed by atoms with Gasteiger partial charge >= 0.3 is 0 Å². The summed E-state index contributed by atoms with van der Waals surface area (Å²) >= 11 is 6.47. The van der Waals surface area contributed by atoms with Crippen LogP contribution in [-0.2, 0) is 21.7 Å². The van der Waals surface area contributed by atoms with Gasteiger partial charge in [-0.1, -0.05) is 24.1 Å². The summed E-state index contributed by atoms with van der Waals surface area (Å²) in [7, 11) is 0. The summed E-state index contributed by atoms with van der Waals surface area (Å²) in [6, 6.07) is 5.61. The molecule has 0 radical (unpaired) electrons. The van der Waals surface area contributed by atoms with Gasteiger partial charge in [0.05, 0.1) is 37.6 Å². The van der Waals surface area contributed by atoms with E-state index in [1.807, 2.05) is 26.0 Å². The second-order valence-corrected chi connectivity index (χ2v) is 12.3. The maximum atomic E-state index is 6.47. The summed E-state index contributed by atoms with van der Waals surface area (Å²) in [5.41, 5.74) is 2.21. The number of hydrogen-bond acceptors (Lipinski definition) is 12. The lowest BCUT2D eigenvalue weighted by molar-refractivity contribution is -0.0836. The van der Waals surface area contributed by atoms with Crippen LogP contribution >= 0.6 is 11.6 Å². The highest BCUT2D eigenvalue weighted by molar-refractivity contribution is 6.32. The molecule has 2 aliphatic rings. The zero-order valence-corrected chi connectivity index (χ0v) is 27.8. The van der Waals surface area contributed by atoms with Crippen molar-refractivity contribution < 1.29 is 18.9 Å². The molecule has 0 amide bonds. The van der Waals surface area contributed by atoms with Crippen LogP contribution in [0.2, 0.25) is 5.02 Å². The minimum atomic E-state index is -0.214. The van der Waals surface area contributed by atoms with E-state index in [1.54, 1.807) is 29.5 Å². The molecule has 4 aromatic rings.